The number of nitrogens with two attached hydrogens (primary N) is 1. The van der Waals surface area contributed by atoms with Gasteiger partial charge < -0.3 is 10.6 Å². The van der Waals surface area contributed by atoms with Crippen LogP contribution < -0.4 is 10.6 Å². The van der Waals surface area contributed by atoms with Crippen molar-refractivity contribution in [1.82, 2.24) is 0 Å². The largest absolute Gasteiger partial charge is 0.397 e. The quantitative estimate of drug-likeness (QED) is 0.814. The maximum absolute atomic E-state index is 8.86. The summed E-state index contributed by atoms with van der Waals surface area (Å²) in [6, 6.07) is 7.90. The molecule has 1 unspecified atom stereocenters. The topological polar surface area (TPSA) is 53.0 Å². The Balaban J connectivity index is 2.98. The lowest BCUT2D eigenvalue weighted by Crippen LogP contribution is -2.31. The average molecular weight is 235 g/mol. The monoisotopic (exact) mass is 235 g/mol. The lowest BCUT2D eigenvalue weighted by molar-refractivity contribution is 0.766. The molecule has 3 nitrogen and oxygen atoms in total. The molecule has 16 heavy (non-hydrogen) atoms. The maximum atomic E-state index is 8.86. The number of benzene rings is 1. The minimum Gasteiger partial charge on any atom is -0.397 e. The fourth-order valence-electron chi connectivity index (χ4n) is 1.51. The van der Waals surface area contributed by atoms with E-state index in [1.54, 1.807) is 23.9 Å². The molecule has 0 radical (unpaired) electrons. The summed E-state index contributed by atoms with van der Waals surface area (Å²) in [5, 5.41) is 8.86. The van der Waals surface area contributed by atoms with Crippen molar-refractivity contribution in [2.75, 3.05) is 29.7 Å². The van der Waals surface area contributed by atoms with E-state index in [2.05, 4.69) is 24.1 Å². The van der Waals surface area contributed by atoms with Crippen molar-refractivity contribution in [3.63, 3.8) is 0 Å². The molecule has 1 atom stereocenters. The molecule has 0 aromatic heterocycles. The number of rotatable bonds is 4. The van der Waals surface area contributed by atoms with Crippen molar-refractivity contribution >= 4 is 23.1 Å². The Hall–Kier alpha value is -1.34. The van der Waals surface area contributed by atoms with Crippen molar-refractivity contribution in [2.45, 2.75) is 13.0 Å². The fourth-order valence-corrected chi connectivity index (χ4v) is 2.22. The molecule has 0 heterocycles. The van der Waals surface area contributed by atoms with Gasteiger partial charge in [-0.05, 0) is 31.4 Å². The Morgan fingerprint density at radius 2 is 2.25 bits per heavy atom. The highest BCUT2D eigenvalue weighted by Crippen LogP contribution is 2.25. The van der Waals surface area contributed by atoms with Crippen molar-refractivity contribution in [3.05, 3.63) is 23.8 Å². The molecule has 0 spiro atoms. The first-order valence-corrected chi connectivity index (χ1v) is 6.51. The summed E-state index contributed by atoms with van der Waals surface area (Å²) in [5.74, 6) is 1.03. The minimum atomic E-state index is 0.395. The maximum Gasteiger partial charge on any atom is 0.0992 e. The van der Waals surface area contributed by atoms with Crippen LogP contribution in [0.25, 0.3) is 0 Å². The SMILES string of the molecule is CSCC(C)N(C)c1cc(C#N)ccc1N. The third-order valence-electron chi connectivity index (χ3n) is 2.61. The summed E-state index contributed by atoms with van der Waals surface area (Å²) in [6.45, 7) is 2.15. The van der Waals surface area contributed by atoms with Gasteiger partial charge in [0.15, 0.2) is 0 Å². The average Bonchev–Trinajstić information content (AvgIpc) is 2.29. The van der Waals surface area contributed by atoms with Gasteiger partial charge in [-0.3, -0.25) is 0 Å². The summed E-state index contributed by atoms with van der Waals surface area (Å²) in [7, 11) is 2.01. The normalized spacial score (nSPS) is 11.9. The van der Waals surface area contributed by atoms with Crippen LogP contribution in [0, 0.1) is 11.3 Å². The highest BCUT2D eigenvalue weighted by atomic mass is 32.2. The molecule has 0 fully saturated rings. The van der Waals surface area contributed by atoms with Gasteiger partial charge in [-0.15, -0.1) is 0 Å². The number of nitriles is 1. The predicted octanol–water partition coefficient (Wildman–Crippen LogP) is 2.33. The lowest BCUT2D eigenvalue weighted by atomic mass is 10.1. The van der Waals surface area contributed by atoms with Crippen LogP contribution in [0.3, 0.4) is 0 Å². The Labute approximate surface area is 101 Å². The van der Waals surface area contributed by atoms with Crippen LogP contribution in [0.4, 0.5) is 11.4 Å². The first-order chi connectivity index (χ1) is 7.60. The third-order valence-corrected chi connectivity index (χ3v) is 3.42. The van der Waals surface area contributed by atoms with E-state index >= 15 is 0 Å². The van der Waals surface area contributed by atoms with E-state index in [0.717, 1.165) is 17.1 Å². The Bertz CT molecular complexity index is 398. The van der Waals surface area contributed by atoms with E-state index in [1.165, 1.54) is 0 Å². The third kappa shape index (κ3) is 2.83. The van der Waals surface area contributed by atoms with Gasteiger partial charge in [0.2, 0.25) is 0 Å². The van der Waals surface area contributed by atoms with Crippen LogP contribution in [0.2, 0.25) is 0 Å². The van der Waals surface area contributed by atoms with Crippen LogP contribution in [-0.2, 0) is 0 Å². The van der Waals surface area contributed by atoms with Gasteiger partial charge in [0.05, 0.1) is 23.0 Å². The second-order valence-electron chi connectivity index (χ2n) is 3.80. The van der Waals surface area contributed by atoms with E-state index in [1.807, 2.05) is 13.1 Å². The molecule has 0 aliphatic rings. The van der Waals surface area contributed by atoms with E-state index < -0.39 is 0 Å². The molecule has 1 aromatic carbocycles. The molecule has 0 amide bonds. The molecule has 86 valence electrons. The molecule has 2 N–H and O–H groups in total. The van der Waals surface area contributed by atoms with Crippen molar-refractivity contribution in [1.29, 1.82) is 5.26 Å². The van der Waals surface area contributed by atoms with Gasteiger partial charge in [-0.1, -0.05) is 0 Å². The van der Waals surface area contributed by atoms with E-state index in [9.17, 15) is 0 Å². The zero-order valence-corrected chi connectivity index (χ0v) is 10.7. The highest BCUT2D eigenvalue weighted by molar-refractivity contribution is 7.98. The summed E-state index contributed by atoms with van der Waals surface area (Å²) < 4.78 is 0. The Kier molecular flexibility index (Phi) is 4.51. The fraction of sp³-hybridized carbons (Fsp3) is 0.417. The van der Waals surface area contributed by atoms with Gasteiger partial charge in [-0.2, -0.15) is 17.0 Å². The second kappa shape index (κ2) is 5.66. The highest BCUT2D eigenvalue weighted by Gasteiger charge is 2.12. The molecule has 0 aliphatic carbocycles. The smallest absolute Gasteiger partial charge is 0.0992 e. The molecule has 0 bridgehead atoms. The van der Waals surface area contributed by atoms with Gasteiger partial charge >= 0.3 is 0 Å². The van der Waals surface area contributed by atoms with E-state index in [0.29, 0.717) is 11.6 Å². The van der Waals surface area contributed by atoms with Crippen LogP contribution in [-0.4, -0.2) is 25.1 Å². The summed E-state index contributed by atoms with van der Waals surface area (Å²) in [6.07, 6.45) is 2.08. The Morgan fingerprint density at radius 3 is 2.81 bits per heavy atom. The molecule has 0 saturated carbocycles. The lowest BCUT2D eigenvalue weighted by Gasteiger charge is -2.27. The molecular formula is C12H17N3S. The first kappa shape index (κ1) is 12.7. The van der Waals surface area contributed by atoms with Crippen molar-refractivity contribution < 1.29 is 0 Å². The molecule has 1 rings (SSSR count). The predicted molar refractivity (Wildman–Crippen MR) is 71.8 cm³/mol. The van der Waals surface area contributed by atoms with Crippen LogP contribution in [0.15, 0.2) is 18.2 Å². The van der Waals surface area contributed by atoms with Gasteiger partial charge in [0.25, 0.3) is 0 Å². The molecule has 0 saturated heterocycles. The first-order valence-electron chi connectivity index (χ1n) is 5.11. The zero-order chi connectivity index (χ0) is 12.1. The van der Waals surface area contributed by atoms with Gasteiger partial charge in [-0.25, -0.2) is 0 Å². The zero-order valence-electron chi connectivity index (χ0n) is 9.90. The van der Waals surface area contributed by atoms with Crippen LogP contribution >= 0.6 is 11.8 Å². The molecule has 4 heteroatoms. The molecular weight excluding hydrogens is 218 g/mol. The van der Waals surface area contributed by atoms with E-state index in [4.69, 9.17) is 11.0 Å². The number of nitrogen functional groups attached to an aromatic ring is 1. The molecule has 1 aromatic rings. The van der Waals surface area contributed by atoms with Crippen LogP contribution in [0.1, 0.15) is 12.5 Å². The number of hydrogen-bond acceptors (Lipinski definition) is 4. The summed E-state index contributed by atoms with van der Waals surface area (Å²) in [4.78, 5) is 2.12. The number of nitrogens with zero attached hydrogens (tertiary/aromatic N) is 2. The van der Waals surface area contributed by atoms with Crippen LogP contribution in [0.5, 0.6) is 0 Å². The van der Waals surface area contributed by atoms with E-state index in [-0.39, 0.29) is 0 Å². The standard InChI is InChI=1S/C12H17N3S/c1-9(8-16-3)15(2)12-6-10(7-13)4-5-11(12)14/h4-6,9H,8,14H2,1-3H3. The number of hydrogen-bond donors (Lipinski definition) is 1. The number of thioether (sulfide) groups is 1. The van der Waals surface area contributed by atoms with Gasteiger partial charge in [0, 0.05) is 18.8 Å². The summed E-state index contributed by atoms with van der Waals surface area (Å²) >= 11 is 1.80. The molecule has 0 aliphatic heterocycles. The minimum absolute atomic E-state index is 0.395. The van der Waals surface area contributed by atoms with Crippen molar-refractivity contribution in [2.24, 2.45) is 0 Å². The summed E-state index contributed by atoms with van der Waals surface area (Å²) in [5.41, 5.74) is 8.22. The van der Waals surface area contributed by atoms with Gasteiger partial charge in [0.1, 0.15) is 0 Å². The second-order valence-corrected chi connectivity index (χ2v) is 4.71. The number of anilines is 2. The Morgan fingerprint density at radius 1 is 1.56 bits per heavy atom. The van der Waals surface area contributed by atoms with Crippen molar-refractivity contribution in [3.8, 4) is 6.07 Å².